The number of hydrogen-bond donors (Lipinski definition) is 0. The fourth-order valence-electron chi connectivity index (χ4n) is 4.14. The lowest BCUT2D eigenvalue weighted by Gasteiger charge is -2.12. The summed E-state index contributed by atoms with van der Waals surface area (Å²) in [4.78, 5) is 0. The molecule has 4 rings (SSSR count). The van der Waals surface area contributed by atoms with Crippen LogP contribution in [0.3, 0.4) is 0 Å². The molecule has 156 valence electrons. The van der Waals surface area contributed by atoms with Gasteiger partial charge in [0.25, 0.3) is 0 Å². The molecule has 0 unspecified atom stereocenters. The molecule has 0 bridgehead atoms. The van der Waals surface area contributed by atoms with E-state index in [0.717, 1.165) is 61.1 Å². The molecule has 0 amide bonds. The van der Waals surface area contributed by atoms with Crippen molar-refractivity contribution in [2.45, 2.75) is 45.2 Å². The van der Waals surface area contributed by atoms with Gasteiger partial charge in [0.05, 0.1) is 11.1 Å². The van der Waals surface area contributed by atoms with Gasteiger partial charge in [0, 0.05) is 12.0 Å². The van der Waals surface area contributed by atoms with Crippen molar-refractivity contribution in [3.63, 3.8) is 0 Å². The predicted molar refractivity (Wildman–Crippen MR) is 108 cm³/mol. The Morgan fingerprint density at radius 1 is 0.867 bits per heavy atom. The Kier molecular flexibility index (Phi) is 5.39. The lowest BCUT2D eigenvalue weighted by atomic mass is 9.96. The Hall–Kier alpha value is -2.69. The molecular formula is C25H21F5. The highest BCUT2D eigenvalue weighted by molar-refractivity contribution is 5.81. The number of hydrogen-bond acceptors (Lipinski definition) is 0. The summed E-state index contributed by atoms with van der Waals surface area (Å²) in [5.41, 5.74) is 2.84. The van der Waals surface area contributed by atoms with E-state index in [9.17, 15) is 17.6 Å². The van der Waals surface area contributed by atoms with Crippen LogP contribution in [0.2, 0.25) is 0 Å². The van der Waals surface area contributed by atoms with Crippen molar-refractivity contribution in [1.82, 2.24) is 0 Å². The van der Waals surface area contributed by atoms with E-state index in [4.69, 9.17) is 0 Å². The van der Waals surface area contributed by atoms with Gasteiger partial charge in [-0.2, -0.15) is 13.2 Å². The molecule has 0 radical (unpaired) electrons. The minimum absolute atomic E-state index is 0.0945. The maximum absolute atomic E-state index is 15.3. The first-order valence-corrected chi connectivity index (χ1v) is 10.1. The van der Waals surface area contributed by atoms with Crippen LogP contribution in [0.5, 0.6) is 0 Å². The Morgan fingerprint density at radius 3 is 2.27 bits per heavy atom. The quantitative estimate of drug-likeness (QED) is 0.229. The SMILES string of the molecule is CCCCCc1ccc2c(c1)Cc1c-2cc(F)c(-c2ccc(C(F)(F)F)cc2)c1F. The number of unbranched alkanes of at least 4 members (excludes halogenated alkanes) is 2. The van der Waals surface area contributed by atoms with E-state index in [1.807, 2.05) is 12.1 Å². The highest BCUT2D eigenvalue weighted by Crippen LogP contribution is 2.43. The zero-order valence-electron chi connectivity index (χ0n) is 16.5. The van der Waals surface area contributed by atoms with Gasteiger partial charge in [-0.25, -0.2) is 8.78 Å². The normalized spacial score (nSPS) is 12.7. The molecule has 0 saturated carbocycles. The minimum Gasteiger partial charge on any atom is -0.206 e. The van der Waals surface area contributed by atoms with Crippen LogP contribution in [0.4, 0.5) is 22.0 Å². The van der Waals surface area contributed by atoms with Crippen LogP contribution >= 0.6 is 0 Å². The van der Waals surface area contributed by atoms with Crippen molar-refractivity contribution in [3.05, 3.63) is 82.4 Å². The molecule has 30 heavy (non-hydrogen) atoms. The van der Waals surface area contributed by atoms with Gasteiger partial charge in [0.2, 0.25) is 0 Å². The minimum atomic E-state index is -4.50. The molecule has 1 aliphatic rings. The Balaban J connectivity index is 1.69. The fourth-order valence-corrected chi connectivity index (χ4v) is 4.14. The van der Waals surface area contributed by atoms with Crippen LogP contribution in [0.15, 0.2) is 48.5 Å². The molecule has 0 atom stereocenters. The lowest BCUT2D eigenvalue weighted by molar-refractivity contribution is -0.137. The summed E-state index contributed by atoms with van der Waals surface area (Å²) in [6.45, 7) is 2.14. The zero-order chi connectivity index (χ0) is 21.5. The second-order valence-corrected chi connectivity index (χ2v) is 7.77. The van der Waals surface area contributed by atoms with Crippen molar-refractivity contribution in [2.24, 2.45) is 0 Å². The monoisotopic (exact) mass is 416 g/mol. The number of aryl methyl sites for hydroxylation is 1. The summed E-state index contributed by atoms with van der Waals surface area (Å²) in [5, 5.41) is 0. The summed E-state index contributed by atoms with van der Waals surface area (Å²) in [6.07, 6.45) is 0.172. The largest absolute Gasteiger partial charge is 0.416 e. The Morgan fingerprint density at radius 2 is 1.60 bits per heavy atom. The molecule has 0 nitrogen and oxygen atoms in total. The smallest absolute Gasteiger partial charge is 0.206 e. The summed E-state index contributed by atoms with van der Waals surface area (Å²) in [5.74, 6) is -1.47. The summed E-state index contributed by atoms with van der Waals surface area (Å²) in [7, 11) is 0. The zero-order valence-corrected chi connectivity index (χ0v) is 16.5. The average molecular weight is 416 g/mol. The van der Waals surface area contributed by atoms with Crippen LogP contribution in [0, 0.1) is 11.6 Å². The molecular weight excluding hydrogens is 395 g/mol. The molecule has 0 spiro atoms. The third-order valence-electron chi connectivity index (χ3n) is 5.72. The van der Waals surface area contributed by atoms with E-state index in [-0.39, 0.29) is 11.1 Å². The third-order valence-corrected chi connectivity index (χ3v) is 5.72. The number of benzene rings is 3. The van der Waals surface area contributed by atoms with E-state index in [2.05, 4.69) is 13.0 Å². The van der Waals surface area contributed by atoms with E-state index >= 15 is 4.39 Å². The maximum Gasteiger partial charge on any atom is 0.416 e. The molecule has 0 aromatic heterocycles. The highest BCUT2D eigenvalue weighted by atomic mass is 19.4. The molecule has 0 N–H and O–H groups in total. The summed E-state index contributed by atoms with van der Waals surface area (Å²) >= 11 is 0. The Labute approximate surface area is 172 Å². The number of fused-ring (bicyclic) bond motifs is 3. The van der Waals surface area contributed by atoms with Crippen molar-refractivity contribution >= 4 is 0 Å². The summed E-state index contributed by atoms with van der Waals surface area (Å²) in [6, 6.07) is 11.2. The second kappa shape index (κ2) is 7.86. The first kappa shape index (κ1) is 20.6. The molecule has 3 aromatic carbocycles. The van der Waals surface area contributed by atoms with Crippen molar-refractivity contribution < 1.29 is 22.0 Å². The molecule has 3 aromatic rings. The van der Waals surface area contributed by atoms with Gasteiger partial charge in [-0.15, -0.1) is 0 Å². The van der Waals surface area contributed by atoms with Crippen molar-refractivity contribution in [2.75, 3.05) is 0 Å². The Bertz CT molecular complexity index is 1080. The van der Waals surface area contributed by atoms with Gasteiger partial charge in [0.15, 0.2) is 0 Å². The fraction of sp³-hybridized carbons (Fsp3) is 0.280. The van der Waals surface area contributed by atoms with Crippen molar-refractivity contribution in [1.29, 1.82) is 0 Å². The standard InChI is InChI=1S/C25H21F5/c1-2-3-4-5-15-6-11-19-17(12-15)13-21-20(19)14-22(26)23(24(21)27)16-7-9-18(10-8-16)25(28,29)30/h6-12,14H,2-5,13H2,1H3. The van der Waals surface area contributed by atoms with Gasteiger partial charge in [-0.1, -0.05) is 50.1 Å². The van der Waals surface area contributed by atoms with Crippen LogP contribution in [0.1, 0.15) is 48.4 Å². The van der Waals surface area contributed by atoms with Gasteiger partial charge in [-0.3, -0.25) is 0 Å². The first-order valence-electron chi connectivity index (χ1n) is 10.1. The molecule has 5 heteroatoms. The number of alkyl halides is 3. The number of halogens is 5. The molecule has 1 aliphatic carbocycles. The van der Waals surface area contributed by atoms with Crippen LogP contribution in [-0.4, -0.2) is 0 Å². The van der Waals surface area contributed by atoms with E-state index in [1.54, 1.807) is 0 Å². The first-order chi connectivity index (χ1) is 14.3. The van der Waals surface area contributed by atoms with Crippen molar-refractivity contribution in [3.8, 4) is 22.3 Å². The van der Waals surface area contributed by atoms with E-state index < -0.39 is 23.4 Å². The average Bonchev–Trinajstić information content (AvgIpc) is 3.06. The van der Waals surface area contributed by atoms with Crippen LogP contribution < -0.4 is 0 Å². The third kappa shape index (κ3) is 3.73. The highest BCUT2D eigenvalue weighted by Gasteiger charge is 2.31. The van der Waals surface area contributed by atoms with Crippen LogP contribution in [0.25, 0.3) is 22.3 Å². The maximum atomic E-state index is 15.3. The summed E-state index contributed by atoms with van der Waals surface area (Å²) < 4.78 is 68.5. The van der Waals surface area contributed by atoms with Gasteiger partial charge < -0.3 is 0 Å². The molecule has 0 fully saturated rings. The lowest BCUT2D eigenvalue weighted by Crippen LogP contribution is -2.04. The van der Waals surface area contributed by atoms with Gasteiger partial charge in [-0.05, 0) is 58.9 Å². The van der Waals surface area contributed by atoms with E-state index in [0.29, 0.717) is 17.5 Å². The van der Waals surface area contributed by atoms with Gasteiger partial charge in [0.1, 0.15) is 11.6 Å². The second-order valence-electron chi connectivity index (χ2n) is 7.77. The molecule has 0 aliphatic heterocycles. The predicted octanol–water partition coefficient (Wildman–Crippen LogP) is 7.95. The molecule has 0 saturated heterocycles. The number of rotatable bonds is 5. The van der Waals surface area contributed by atoms with Gasteiger partial charge >= 0.3 is 6.18 Å². The topological polar surface area (TPSA) is 0 Å². The van der Waals surface area contributed by atoms with E-state index in [1.165, 1.54) is 11.6 Å². The van der Waals surface area contributed by atoms with Crippen LogP contribution in [-0.2, 0) is 19.0 Å². The molecule has 0 heterocycles.